The predicted molar refractivity (Wildman–Crippen MR) is 74.2 cm³/mol. The lowest BCUT2D eigenvalue weighted by Crippen LogP contribution is -2.16. The predicted octanol–water partition coefficient (Wildman–Crippen LogP) is 1.45. The van der Waals surface area contributed by atoms with Gasteiger partial charge in [0.05, 0.1) is 24.3 Å². The van der Waals surface area contributed by atoms with Gasteiger partial charge in [-0.25, -0.2) is 14.6 Å². The van der Waals surface area contributed by atoms with Crippen LogP contribution in [0.4, 0.5) is 0 Å². The van der Waals surface area contributed by atoms with Crippen LogP contribution >= 0.6 is 0 Å². The molecule has 112 valence electrons. The molecule has 0 saturated carbocycles. The highest BCUT2D eigenvalue weighted by atomic mass is 16.6. The number of hydrogen-bond acceptors (Lipinski definition) is 6. The maximum Gasteiger partial charge on any atom is 0.357 e. The van der Waals surface area contributed by atoms with Crippen LogP contribution in [0.25, 0.3) is 11.0 Å². The van der Waals surface area contributed by atoms with Gasteiger partial charge in [0, 0.05) is 6.20 Å². The van der Waals surface area contributed by atoms with E-state index in [0.29, 0.717) is 11.0 Å². The van der Waals surface area contributed by atoms with Crippen molar-refractivity contribution in [3.8, 4) is 0 Å². The van der Waals surface area contributed by atoms with Gasteiger partial charge >= 0.3 is 11.9 Å². The molecule has 7 nitrogen and oxygen atoms in total. The molecule has 0 saturated heterocycles. The molecule has 0 N–H and O–H groups in total. The quantitative estimate of drug-likeness (QED) is 0.776. The summed E-state index contributed by atoms with van der Waals surface area (Å²) in [6.45, 7) is 3.76. The molecule has 7 heteroatoms. The lowest BCUT2D eigenvalue weighted by Gasteiger charge is -2.09. The van der Waals surface area contributed by atoms with Crippen LogP contribution in [0.15, 0.2) is 18.3 Å². The summed E-state index contributed by atoms with van der Waals surface area (Å²) in [5, 5.41) is 0. The molecule has 0 unspecified atom stereocenters. The van der Waals surface area contributed by atoms with Gasteiger partial charge in [0.1, 0.15) is 12.6 Å². The van der Waals surface area contributed by atoms with E-state index in [1.807, 2.05) is 0 Å². The number of rotatable bonds is 5. The first-order valence-electron chi connectivity index (χ1n) is 6.53. The van der Waals surface area contributed by atoms with Gasteiger partial charge in [0.15, 0.2) is 5.69 Å². The summed E-state index contributed by atoms with van der Waals surface area (Å²) in [6.07, 6.45) is 1.64. The lowest BCUT2D eigenvalue weighted by atomic mass is 10.1. The maximum atomic E-state index is 12.0. The van der Waals surface area contributed by atoms with Crippen molar-refractivity contribution in [3.05, 3.63) is 29.6 Å². The van der Waals surface area contributed by atoms with Gasteiger partial charge in [-0.05, 0) is 26.0 Å². The van der Waals surface area contributed by atoms with Crippen LogP contribution < -0.4 is 4.84 Å². The highest BCUT2D eigenvalue weighted by Crippen LogP contribution is 2.19. The first kappa shape index (κ1) is 14.8. The average Bonchev–Trinajstić information content (AvgIpc) is 2.88. The van der Waals surface area contributed by atoms with E-state index in [1.54, 1.807) is 26.1 Å². The highest BCUT2D eigenvalue weighted by molar-refractivity contribution is 6.04. The fraction of sp³-hybridized carbons (Fsp3) is 0.357. The van der Waals surface area contributed by atoms with Crippen molar-refractivity contribution in [2.75, 3.05) is 20.3 Å². The third kappa shape index (κ3) is 2.81. The number of esters is 2. The topological polar surface area (TPSA) is 79.7 Å². The zero-order chi connectivity index (χ0) is 15.4. The molecule has 0 aliphatic heterocycles. The smallest absolute Gasteiger partial charge is 0.357 e. The van der Waals surface area contributed by atoms with Crippen molar-refractivity contribution in [1.82, 2.24) is 9.71 Å². The summed E-state index contributed by atoms with van der Waals surface area (Å²) in [5.41, 5.74) is 1.08. The SMILES string of the molecule is CCOC(=O)c1cc2c(ccn2OC)nc1C(=O)OCC. The molecule has 2 rings (SSSR count). The van der Waals surface area contributed by atoms with Crippen molar-refractivity contribution < 1.29 is 23.9 Å². The number of fused-ring (bicyclic) bond motifs is 1. The third-order valence-corrected chi connectivity index (χ3v) is 2.80. The Labute approximate surface area is 121 Å². The second-order valence-corrected chi connectivity index (χ2v) is 4.05. The maximum absolute atomic E-state index is 12.0. The van der Waals surface area contributed by atoms with Crippen molar-refractivity contribution in [3.63, 3.8) is 0 Å². The number of ether oxygens (including phenoxy) is 2. The molecular formula is C14H16N2O5. The van der Waals surface area contributed by atoms with Gasteiger partial charge < -0.3 is 14.3 Å². The van der Waals surface area contributed by atoms with Crippen molar-refractivity contribution in [1.29, 1.82) is 0 Å². The minimum atomic E-state index is -0.660. The second kappa shape index (κ2) is 6.25. The van der Waals surface area contributed by atoms with E-state index in [9.17, 15) is 9.59 Å². The Morgan fingerprint density at radius 3 is 2.48 bits per heavy atom. The van der Waals surface area contributed by atoms with Crippen LogP contribution in [0.3, 0.4) is 0 Å². The standard InChI is InChI=1S/C14H16N2O5/c1-4-20-13(17)9-8-11-10(6-7-16(11)19-3)15-12(9)14(18)21-5-2/h6-8H,4-5H2,1-3H3. The zero-order valence-corrected chi connectivity index (χ0v) is 12.1. The van der Waals surface area contributed by atoms with Crippen molar-refractivity contribution in [2.45, 2.75) is 13.8 Å². The van der Waals surface area contributed by atoms with E-state index in [1.165, 1.54) is 17.9 Å². The summed E-state index contributed by atoms with van der Waals surface area (Å²) in [4.78, 5) is 33.3. The number of pyridine rings is 1. The molecule has 0 amide bonds. The van der Waals surface area contributed by atoms with Crippen molar-refractivity contribution in [2.24, 2.45) is 0 Å². The van der Waals surface area contributed by atoms with E-state index >= 15 is 0 Å². The Bertz CT molecular complexity index is 677. The summed E-state index contributed by atoms with van der Waals surface area (Å²) in [7, 11) is 1.49. The van der Waals surface area contributed by atoms with Crippen LogP contribution in [0.5, 0.6) is 0 Å². The minimum Gasteiger partial charge on any atom is -0.462 e. The molecule has 0 aliphatic rings. The van der Waals surface area contributed by atoms with Crippen LogP contribution in [0.1, 0.15) is 34.7 Å². The first-order valence-corrected chi connectivity index (χ1v) is 6.53. The van der Waals surface area contributed by atoms with Crippen LogP contribution in [-0.4, -0.2) is 42.0 Å². The summed E-state index contributed by atoms with van der Waals surface area (Å²) in [5.74, 6) is -1.29. The molecule has 21 heavy (non-hydrogen) atoms. The van der Waals surface area contributed by atoms with Gasteiger partial charge in [0.2, 0.25) is 0 Å². The lowest BCUT2D eigenvalue weighted by molar-refractivity contribution is 0.0474. The van der Waals surface area contributed by atoms with E-state index in [-0.39, 0.29) is 24.5 Å². The Balaban J connectivity index is 2.60. The summed E-state index contributed by atoms with van der Waals surface area (Å²) < 4.78 is 11.3. The van der Waals surface area contributed by atoms with E-state index < -0.39 is 11.9 Å². The number of nitrogens with zero attached hydrogens (tertiary/aromatic N) is 2. The summed E-state index contributed by atoms with van der Waals surface area (Å²) in [6, 6.07) is 3.19. The molecule has 0 radical (unpaired) electrons. The Kier molecular flexibility index (Phi) is 4.42. The number of hydrogen-bond donors (Lipinski definition) is 0. The first-order chi connectivity index (χ1) is 10.1. The number of aromatic nitrogens is 2. The largest absolute Gasteiger partial charge is 0.462 e. The van der Waals surface area contributed by atoms with Crippen LogP contribution in [-0.2, 0) is 9.47 Å². The number of carbonyl (C=O) groups excluding carboxylic acids is 2. The van der Waals surface area contributed by atoms with E-state index in [4.69, 9.17) is 14.3 Å². The summed E-state index contributed by atoms with van der Waals surface area (Å²) >= 11 is 0. The number of carbonyl (C=O) groups is 2. The van der Waals surface area contributed by atoms with Gasteiger partial charge in [-0.1, -0.05) is 0 Å². The molecule has 2 aromatic rings. The molecule has 0 aromatic carbocycles. The third-order valence-electron chi connectivity index (χ3n) is 2.80. The fourth-order valence-corrected chi connectivity index (χ4v) is 1.91. The Morgan fingerprint density at radius 1 is 1.19 bits per heavy atom. The van der Waals surface area contributed by atoms with Crippen LogP contribution in [0.2, 0.25) is 0 Å². The van der Waals surface area contributed by atoms with Gasteiger partial charge in [-0.15, -0.1) is 0 Å². The molecule has 0 fully saturated rings. The molecule has 0 aliphatic carbocycles. The normalized spacial score (nSPS) is 10.4. The molecule has 0 bridgehead atoms. The second-order valence-electron chi connectivity index (χ2n) is 4.05. The average molecular weight is 292 g/mol. The molecular weight excluding hydrogens is 276 g/mol. The molecule has 2 aromatic heterocycles. The highest BCUT2D eigenvalue weighted by Gasteiger charge is 2.23. The fourth-order valence-electron chi connectivity index (χ4n) is 1.91. The van der Waals surface area contributed by atoms with E-state index in [0.717, 1.165) is 0 Å². The monoisotopic (exact) mass is 292 g/mol. The van der Waals surface area contributed by atoms with Gasteiger partial charge in [-0.3, -0.25) is 0 Å². The van der Waals surface area contributed by atoms with Gasteiger partial charge in [0.25, 0.3) is 0 Å². The molecule has 0 atom stereocenters. The van der Waals surface area contributed by atoms with Gasteiger partial charge in [-0.2, -0.15) is 4.73 Å². The molecule has 2 heterocycles. The minimum absolute atomic E-state index is 0.0554. The Hall–Kier alpha value is -2.57. The van der Waals surface area contributed by atoms with Crippen LogP contribution in [0, 0.1) is 0 Å². The van der Waals surface area contributed by atoms with E-state index in [2.05, 4.69) is 4.98 Å². The van der Waals surface area contributed by atoms with Crippen molar-refractivity contribution >= 4 is 23.0 Å². The molecule has 0 spiro atoms. The zero-order valence-electron chi connectivity index (χ0n) is 12.1. The Morgan fingerprint density at radius 2 is 1.86 bits per heavy atom.